The van der Waals surface area contributed by atoms with Gasteiger partial charge in [0.05, 0.1) is 7.11 Å². The zero-order valence-corrected chi connectivity index (χ0v) is 10.4. The summed E-state index contributed by atoms with van der Waals surface area (Å²) in [4.78, 5) is 11.2. The van der Waals surface area contributed by atoms with Crippen LogP contribution in [0.3, 0.4) is 0 Å². The van der Waals surface area contributed by atoms with Crippen LogP contribution in [0.1, 0.15) is 0 Å². The minimum atomic E-state index is -0.708. The normalized spacial score (nSPS) is 10.6. The fourth-order valence-corrected chi connectivity index (χ4v) is 2.16. The van der Waals surface area contributed by atoms with Gasteiger partial charge in [-0.15, -0.1) is 0 Å². The Kier molecular flexibility index (Phi) is 2.80. The van der Waals surface area contributed by atoms with Gasteiger partial charge in [0, 0.05) is 5.39 Å². The van der Waals surface area contributed by atoms with Crippen LogP contribution in [0.25, 0.3) is 21.5 Å². The van der Waals surface area contributed by atoms with Gasteiger partial charge in [0.1, 0.15) is 5.75 Å². The highest BCUT2D eigenvalue weighted by Crippen LogP contribution is 2.30. The first-order chi connectivity index (χ1) is 9.28. The average molecular weight is 252 g/mol. The van der Waals surface area contributed by atoms with E-state index < -0.39 is 6.16 Å². The van der Waals surface area contributed by atoms with Gasteiger partial charge in [0.15, 0.2) is 0 Å². The molecule has 0 N–H and O–H groups in total. The molecule has 0 aromatic heterocycles. The van der Waals surface area contributed by atoms with Crippen molar-refractivity contribution in [3.8, 4) is 5.75 Å². The van der Waals surface area contributed by atoms with E-state index in [1.807, 2.05) is 36.4 Å². The zero-order chi connectivity index (χ0) is 13.2. The summed E-state index contributed by atoms with van der Waals surface area (Å²) in [6.07, 6.45) is -0.708. The summed E-state index contributed by atoms with van der Waals surface area (Å²) in [5, 5.41) is 4.19. The standard InChI is InChI=1S/C16H12O3/c1-18-16(17)19-15-8-4-7-13-9-11-5-2-3-6-12(11)10-14(13)15/h2-10H,1H3. The fraction of sp³-hybridized carbons (Fsp3) is 0.0625. The molecule has 3 aromatic carbocycles. The van der Waals surface area contributed by atoms with Crippen LogP contribution in [0.5, 0.6) is 5.75 Å². The number of benzene rings is 3. The first-order valence-electron chi connectivity index (χ1n) is 5.95. The number of rotatable bonds is 1. The van der Waals surface area contributed by atoms with Crippen LogP contribution in [-0.2, 0) is 4.74 Å². The molecule has 0 amide bonds. The lowest BCUT2D eigenvalue weighted by atomic mass is 10.0. The number of hydrogen-bond acceptors (Lipinski definition) is 3. The molecule has 0 aliphatic carbocycles. The van der Waals surface area contributed by atoms with E-state index in [0.29, 0.717) is 5.75 Å². The van der Waals surface area contributed by atoms with E-state index in [9.17, 15) is 4.79 Å². The highest BCUT2D eigenvalue weighted by molar-refractivity contribution is 6.01. The maximum absolute atomic E-state index is 11.2. The Morgan fingerprint density at radius 2 is 1.58 bits per heavy atom. The Labute approximate surface area is 110 Å². The van der Waals surface area contributed by atoms with E-state index in [0.717, 1.165) is 21.5 Å². The van der Waals surface area contributed by atoms with Crippen molar-refractivity contribution < 1.29 is 14.3 Å². The number of carbonyl (C=O) groups excluding carboxylic acids is 1. The van der Waals surface area contributed by atoms with Gasteiger partial charge < -0.3 is 9.47 Å². The van der Waals surface area contributed by atoms with E-state index in [4.69, 9.17) is 4.74 Å². The zero-order valence-electron chi connectivity index (χ0n) is 10.4. The Balaban J connectivity index is 2.23. The third kappa shape index (κ3) is 2.10. The van der Waals surface area contributed by atoms with Gasteiger partial charge in [0.25, 0.3) is 0 Å². The van der Waals surface area contributed by atoms with Crippen LogP contribution >= 0.6 is 0 Å². The van der Waals surface area contributed by atoms with Crippen LogP contribution < -0.4 is 4.74 Å². The molecule has 0 spiro atoms. The highest BCUT2D eigenvalue weighted by atomic mass is 16.7. The van der Waals surface area contributed by atoms with Crippen molar-refractivity contribution in [3.05, 3.63) is 54.6 Å². The number of methoxy groups -OCH3 is 1. The molecule has 19 heavy (non-hydrogen) atoms. The molecular weight excluding hydrogens is 240 g/mol. The number of fused-ring (bicyclic) bond motifs is 2. The monoisotopic (exact) mass is 252 g/mol. The summed E-state index contributed by atoms with van der Waals surface area (Å²) in [5.41, 5.74) is 0. The van der Waals surface area contributed by atoms with E-state index in [1.54, 1.807) is 6.07 Å². The summed E-state index contributed by atoms with van der Waals surface area (Å²) < 4.78 is 9.69. The predicted octanol–water partition coefficient (Wildman–Crippen LogP) is 4.14. The lowest BCUT2D eigenvalue weighted by Crippen LogP contribution is -2.07. The topological polar surface area (TPSA) is 35.5 Å². The summed E-state index contributed by atoms with van der Waals surface area (Å²) in [6.45, 7) is 0. The SMILES string of the molecule is COC(=O)Oc1cccc2cc3ccccc3cc12. The lowest BCUT2D eigenvalue weighted by Gasteiger charge is -2.08. The summed E-state index contributed by atoms with van der Waals surface area (Å²) in [6, 6.07) is 17.8. The van der Waals surface area contributed by atoms with Gasteiger partial charge in [-0.05, 0) is 34.4 Å². The number of hydrogen-bond donors (Lipinski definition) is 0. The molecular formula is C16H12O3. The Bertz CT molecular complexity index is 762. The fourth-order valence-electron chi connectivity index (χ4n) is 2.16. The maximum Gasteiger partial charge on any atom is 0.513 e. The van der Waals surface area contributed by atoms with Crippen LogP contribution in [0.4, 0.5) is 4.79 Å². The Hall–Kier alpha value is -2.55. The van der Waals surface area contributed by atoms with Crippen molar-refractivity contribution in [2.24, 2.45) is 0 Å². The first-order valence-corrected chi connectivity index (χ1v) is 5.95. The average Bonchev–Trinajstić information content (AvgIpc) is 2.45. The molecule has 0 unspecified atom stereocenters. The minimum Gasteiger partial charge on any atom is -0.437 e. The molecule has 3 aromatic rings. The molecule has 3 heteroatoms. The molecule has 0 saturated heterocycles. The van der Waals surface area contributed by atoms with Crippen molar-refractivity contribution in [3.63, 3.8) is 0 Å². The minimum absolute atomic E-state index is 0.509. The first kappa shape index (κ1) is 11.5. The largest absolute Gasteiger partial charge is 0.513 e. The van der Waals surface area contributed by atoms with Crippen molar-refractivity contribution in [1.29, 1.82) is 0 Å². The van der Waals surface area contributed by atoms with Crippen molar-refractivity contribution in [2.75, 3.05) is 7.11 Å². The van der Waals surface area contributed by atoms with Crippen LogP contribution in [0.15, 0.2) is 54.6 Å². The second kappa shape index (κ2) is 4.61. The number of carbonyl (C=O) groups is 1. The van der Waals surface area contributed by atoms with Crippen LogP contribution in [0, 0.1) is 0 Å². The molecule has 0 radical (unpaired) electrons. The molecule has 0 aliphatic rings. The summed E-state index contributed by atoms with van der Waals surface area (Å²) in [7, 11) is 1.29. The summed E-state index contributed by atoms with van der Waals surface area (Å²) >= 11 is 0. The molecule has 3 nitrogen and oxygen atoms in total. The molecule has 0 atom stereocenters. The smallest absolute Gasteiger partial charge is 0.437 e. The van der Waals surface area contributed by atoms with E-state index in [2.05, 4.69) is 16.9 Å². The van der Waals surface area contributed by atoms with Gasteiger partial charge in [0.2, 0.25) is 0 Å². The van der Waals surface area contributed by atoms with Gasteiger partial charge in [-0.3, -0.25) is 0 Å². The molecule has 0 heterocycles. The maximum atomic E-state index is 11.2. The molecule has 0 bridgehead atoms. The van der Waals surface area contributed by atoms with E-state index >= 15 is 0 Å². The lowest BCUT2D eigenvalue weighted by molar-refractivity contribution is 0.122. The molecule has 94 valence electrons. The quantitative estimate of drug-likeness (QED) is 0.371. The summed E-state index contributed by atoms with van der Waals surface area (Å²) in [5.74, 6) is 0.509. The van der Waals surface area contributed by atoms with E-state index in [1.165, 1.54) is 7.11 Å². The van der Waals surface area contributed by atoms with E-state index in [-0.39, 0.29) is 0 Å². The van der Waals surface area contributed by atoms with Crippen molar-refractivity contribution in [2.45, 2.75) is 0 Å². The molecule has 3 rings (SSSR count). The second-order valence-corrected chi connectivity index (χ2v) is 4.23. The molecule has 0 aliphatic heterocycles. The van der Waals surface area contributed by atoms with Crippen LogP contribution in [0.2, 0.25) is 0 Å². The van der Waals surface area contributed by atoms with Crippen molar-refractivity contribution in [1.82, 2.24) is 0 Å². The van der Waals surface area contributed by atoms with Crippen molar-refractivity contribution >= 4 is 27.7 Å². The van der Waals surface area contributed by atoms with Gasteiger partial charge in [-0.2, -0.15) is 0 Å². The second-order valence-electron chi connectivity index (χ2n) is 4.23. The molecule has 0 fully saturated rings. The highest BCUT2D eigenvalue weighted by Gasteiger charge is 2.08. The van der Waals surface area contributed by atoms with Gasteiger partial charge in [-0.1, -0.05) is 36.4 Å². The Morgan fingerprint density at radius 1 is 0.895 bits per heavy atom. The predicted molar refractivity (Wildman–Crippen MR) is 74.5 cm³/mol. The third-order valence-corrected chi connectivity index (χ3v) is 3.07. The number of ether oxygens (including phenoxy) is 2. The van der Waals surface area contributed by atoms with Crippen LogP contribution in [-0.4, -0.2) is 13.3 Å². The third-order valence-electron chi connectivity index (χ3n) is 3.07. The molecule has 0 saturated carbocycles. The van der Waals surface area contributed by atoms with Gasteiger partial charge in [-0.25, -0.2) is 4.79 Å². The Morgan fingerprint density at radius 3 is 2.32 bits per heavy atom. The van der Waals surface area contributed by atoms with Gasteiger partial charge >= 0.3 is 6.16 Å².